The van der Waals surface area contributed by atoms with Crippen LogP contribution in [0.2, 0.25) is 0 Å². The molecule has 1 aromatic heterocycles. The lowest BCUT2D eigenvalue weighted by Crippen LogP contribution is -2.21. The average molecular weight is 165 g/mol. The third-order valence-corrected chi connectivity index (χ3v) is 2.08. The van der Waals surface area contributed by atoms with Crippen LogP contribution in [0.5, 0.6) is 0 Å². The monoisotopic (exact) mass is 165 g/mol. The van der Waals surface area contributed by atoms with Gasteiger partial charge in [-0.15, -0.1) is 0 Å². The summed E-state index contributed by atoms with van der Waals surface area (Å²) in [5, 5.41) is 9.31. The summed E-state index contributed by atoms with van der Waals surface area (Å²) in [6, 6.07) is 3.83. The van der Waals surface area contributed by atoms with Gasteiger partial charge in [-0.1, -0.05) is 6.04 Å². The molecule has 3 nitrogen and oxygen atoms in total. The van der Waals surface area contributed by atoms with Gasteiger partial charge in [0.2, 0.25) is 0 Å². The molecule has 2 heterocycles. The van der Waals surface area contributed by atoms with Crippen molar-refractivity contribution in [2.75, 3.05) is 18.0 Å². The lowest BCUT2D eigenvalue weighted by atomic mass is 10.3. The van der Waals surface area contributed by atoms with Gasteiger partial charge in [0.05, 0.1) is 7.47 Å². The standard InChI is InChI=1S/C9H12N2O/c12-8-4-6-11(7-8)9-3-1-2-5-10-9/h1-3,5,8,12H,4,6-7H2/i1D. The SMILES string of the molecule is [2H]c1ccnc(N2CCC(O)C2)c1. The molecule has 1 N–H and O–H groups in total. The van der Waals surface area contributed by atoms with E-state index in [2.05, 4.69) is 4.98 Å². The highest BCUT2D eigenvalue weighted by molar-refractivity contribution is 5.38. The van der Waals surface area contributed by atoms with Gasteiger partial charge in [0.1, 0.15) is 5.82 Å². The van der Waals surface area contributed by atoms with Gasteiger partial charge in [0.15, 0.2) is 0 Å². The minimum atomic E-state index is -0.240. The molecule has 1 unspecified atom stereocenters. The molecule has 1 aromatic rings. The molecule has 0 amide bonds. The van der Waals surface area contributed by atoms with Crippen LogP contribution in [0.4, 0.5) is 5.82 Å². The molecule has 0 radical (unpaired) electrons. The molecule has 12 heavy (non-hydrogen) atoms. The maximum Gasteiger partial charge on any atom is 0.128 e. The van der Waals surface area contributed by atoms with E-state index in [1.165, 1.54) is 0 Å². The molecule has 3 heteroatoms. The Kier molecular flexibility index (Phi) is 1.67. The number of aliphatic hydroxyl groups is 1. The van der Waals surface area contributed by atoms with Gasteiger partial charge < -0.3 is 10.0 Å². The van der Waals surface area contributed by atoms with Crippen molar-refractivity contribution >= 4 is 5.82 Å². The summed E-state index contributed by atoms with van der Waals surface area (Å²) >= 11 is 0. The number of anilines is 1. The van der Waals surface area contributed by atoms with Crippen molar-refractivity contribution in [3.05, 3.63) is 24.4 Å². The van der Waals surface area contributed by atoms with Crippen LogP contribution in [0, 0.1) is 0 Å². The molecule has 64 valence electrons. The van der Waals surface area contributed by atoms with Gasteiger partial charge in [-0.2, -0.15) is 0 Å². The van der Waals surface area contributed by atoms with Crippen LogP contribution in [0.1, 0.15) is 7.79 Å². The lowest BCUT2D eigenvalue weighted by Gasteiger charge is -2.15. The van der Waals surface area contributed by atoms with Crippen LogP contribution in [0.15, 0.2) is 24.4 Å². The molecule has 0 aliphatic carbocycles. The van der Waals surface area contributed by atoms with Crippen molar-refractivity contribution in [3.8, 4) is 0 Å². The largest absolute Gasteiger partial charge is 0.391 e. The van der Waals surface area contributed by atoms with Crippen LogP contribution in [-0.2, 0) is 0 Å². The maximum absolute atomic E-state index is 9.31. The van der Waals surface area contributed by atoms with Crippen LogP contribution in [-0.4, -0.2) is 29.3 Å². The van der Waals surface area contributed by atoms with Crippen LogP contribution in [0.25, 0.3) is 0 Å². The Balaban J connectivity index is 2.16. The first kappa shape index (κ1) is 6.43. The molecule has 0 spiro atoms. The molecule has 2 rings (SSSR count). The Labute approximate surface area is 73.1 Å². The fourth-order valence-corrected chi connectivity index (χ4v) is 1.44. The number of aliphatic hydroxyl groups excluding tert-OH is 1. The molecule has 1 fully saturated rings. The van der Waals surface area contributed by atoms with Crippen molar-refractivity contribution in [1.82, 2.24) is 4.98 Å². The van der Waals surface area contributed by atoms with E-state index in [9.17, 15) is 5.11 Å². The van der Waals surface area contributed by atoms with E-state index in [0.717, 1.165) is 18.8 Å². The summed E-state index contributed by atoms with van der Waals surface area (Å²) in [6.45, 7) is 1.47. The van der Waals surface area contributed by atoms with Gasteiger partial charge in [-0.05, 0) is 18.6 Å². The fraction of sp³-hybridized carbons (Fsp3) is 0.444. The van der Waals surface area contributed by atoms with E-state index in [-0.39, 0.29) is 6.10 Å². The Bertz CT molecular complexity index is 305. The van der Waals surface area contributed by atoms with Crippen LogP contribution in [0.3, 0.4) is 0 Å². The summed E-state index contributed by atoms with van der Waals surface area (Å²) in [6.07, 6.45) is 2.18. The molecule has 1 saturated heterocycles. The van der Waals surface area contributed by atoms with Crippen molar-refractivity contribution in [3.63, 3.8) is 0 Å². The number of pyridine rings is 1. The second-order valence-electron chi connectivity index (χ2n) is 3.00. The predicted octanol–water partition coefficient (Wildman–Crippen LogP) is 0.653. The maximum atomic E-state index is 9.31. The van der Waals surface area contributed by atoms with E-state index >= 15 is 0 Å². The van der Waals surface area contributed by atoms with E-state index in [4.69, 9.17) is 1.37 Å². The molecule has 0 saturated carbocycles. The minimum Gasteiger partial charge on any atom is -0.391 e. The summed E-state index contributed by atoms with van der Waals surface area (Å²) in [4.78, 5) is 6.15. The van der Waals surface area contributed by atoms with Gasteiger partial charge in [-0.3, -0.25) is 0 Å². The first-order valence-corrected chi connectivity index (χ1v) is 4.11. The van der Waals surface area contributed by atoms with Crippen molar-refractivity contribution in [2.24, 2.45) is 0 Å². The molecule has 0 aromatic carbocycles. The smallest absolute Gasteiger partial charge is 0.128 e. The third-order valence-electron chi connectivity index (χ3n) is 2.08. The van der Waals surface area contributed by atoms with E-state index in [1.54, 1.807) is 18.3 Å². The zero-order chi connectivity index (χ0) is 9.26. The quantitative estimate of drug-likeness (QED) is 0.664. The Morgan fingerprint density at radius 2 is 2.67 bits per heavy atom. The Morgan fingerprint density at radius 3 is 3.33 bits per heavy atom. The van der Waals surface area contributed by atoms with Crippen LogP contribution < -0.4 is 4.90 Å². The van der Waals surface area contributed by atoms with Crippen molar-refractivity contribution in [1.29, 1.82) is 0 Å². The number of nitrogens with zero attached hydrogens (tertiary/aromatic N) is 2. The molecule has 1 aliphatic heterocycles. The van der Waals surface area contributed by atoms with Crippen molar-refractivity contribution in [2.45, 2.75) is 12.5 Å². The number of rotatable bonds is 1. The molecule has 1 atom stereocenters. The van der Waals surface area contributed by atoms with Gasteiger partial charge in [0, 0.05) is 19.3 Å². The summed E-state index contributed by atoms with van der Waals surface area (Å²) in [5.74, 6) is 0.795. The first-order valence-electron chi connectivity index (χ1n) is 4.61. The second kappa shape index (κ2) is 3.11. The molecular weight excluding hydrogens is 152 g/mol. The average Bonchev–Trinajstić information content (AvgIpc) is 2.52. The number of hydrogen-bond acceptors (Lipinski definition) is 3. The zero-order valence-electron chi connectivity index (χ0n) is 7.77. The highest BCUT2D eigenvalue weighted by atomic mass is 16.3. The number of β-amino-alcohol motifs (C(OH)–C–C–N with tert-alkyl or cyclic N) is 1. The van der Waals surface area contributed by atoms with Crippen molar-refractivity contribution < 1.29 is 6.48 Å². The van der Waals surface area contributed by atoms with Gasteiger partial charge in [-0.25, -0.2) is 4.98 Å². The number of aromatic nitrogens is 1. The van der Waals surface area contributed by atoms with E-state index < -0.39 is 0 Å². The normalized spacial score (nSPS) is 24.2. The summed E-state index contributed by atoms with van der Waals surface area (Å²) in [7, 11) is 0. The number of hydrogen-bond donors (Lipinski definition) is 1. The predicted molar refractivity (Wildman–Crippen MR) is 47.1 cm³/mol. The van der Waals surface area contributed by atoms with Gasteiger partial charge in [0.25, 0.3) is 0 Å². The molecule has 0 bridgehead atoms. The lowest BCUT2D eigenvalue weighted by molar-refractivity contribution is 0.198. The Hall–Kier alpha value is -1.09. The fourth-order valence-electron chi connectivity index (χ4n) is 1.44. The summed E-state index contributed by atoms with van der Waals surface area (Å²) in [5.41, 5.74) is 0. The van der Waals surface area contributed by atoms with E-state index in [1.807, 2.05) is 4.90 Å². The zero-order valence-corrected chi connectivity index (χ0v) is 6.77. The second-order valence-corrected chi connectivity index (χ2v) is 3.00. The third kappa shape index (κ3) is 1.41. The van der Waals surface area contributed by atoms with E-state index in [0.29, 0.717) is 12.6 Å². The topological polar surface area (TPSA) is 36.4 Å². The highest BCUT2D eigenvalue weighted by Crippen LogP contribution is 2.16. The summed E-state index contributed by atoms with van der Waals surface area (Å²) < 4.78 is 7.42. The molecular formula is C9H12N2O. The minimum absolute atomic E-state index is 0.240. The Morgan fingerprint density at radius 1 is 1.75 bits per heavy atom. The van der Waals surface area contributed by atoms with Gasteiger partial charge >= 0.3 is 0 Å². The van der Waals surface area contributed by atoms with Crippen LogP contribution >= 0.6 is 0 Å². The first-order chi connectivity index (χ1) is 6.25. The molecule has 1 aliphatic rings. The highest BCUT2D eigenvalue weighted by Gasteiger charge is 2.20.